The second-order valence-corrected chi connectivity index (χ2v) is 12.5. The third kappa shape index (κ3) is 5.94. The number of hydrogen-bond donors (Lipinski definition) is 1. The van der Waals surface area contributed by atoms with E-state index >= 15 is 0 Å². The van der Waals surface area contributed by atoms with Crippen molar-refractivity contribution in [1.29, 1.82) is 0 Å². The molecular formula is C41H29N5S. The monoisotopic (exact) mass is 623 g/mol. The molecule has 0 saturated carbocycles. The van der Waals surface area contributed by atoms with E-state index in [0.29, 0.717) is 5.84 Å². The summed E-state index contributed by atoms with van der Waals surface area (Å²) in [5, 5.41) is 0. The summed E-state index contributed by atoms with van der Waals surface area (Å²) in [7, 11) is 0. The minimum Gasteiger partial charge on any atom is -0.361 e. The van der Waals surface area contributed by atoms with Crippen molar-refractivity contribution in [1.82, 2.24) is 9.97 Å². The number of allylic oxidation sites excluding steroid dienone is 2. The van der Waals surface area contributed by atoms with E-state index < -0.39 is 0 Å². The van der Waals surface area contributed by atoms with Gasteiger partial charge in [0.05, 0.1) is 17.1 Å². The molecule has 0 amide bonds. The van der Waals surface area contributed by atoms with Crippen molar-refractivity contribution >= 4 is 35.2 Å². The van der Waals surface area contributed by atoms with Crippen molar-refractivity contribution in [3.05, 3.63) is 174 Å². The van der Waals surface area contributed by atoms with Crippen molar-refractivity contribution in [2.75, 3.05) is 0 Å². The lowest BCUT2D eigenvalue weighted by Crippen LogP contribution is -2.10. The molecule has 1 unspecified atom stereocenters. The molecular weight excluding hydrogens is 595 g/mol. The maximum Gasteiger partial charge on any atom is 0.160 e. The van der Waals surface area contributed by atoms with Crippen molar-refractivity contribution in [2.24, 2.45) is 15.0 Å². The Kier molecular flexibility index (Phi) is 7.61. The highest BCUT2D eigenvalue weighted by Gasteiger charge is 2.19. The van der Waals surface area contributed by atoms with Crippen LogP contribution in [0.1, 0.15) is 22.9 Å². The average molecular weight is 624 g/mol. The number of aromatic amines is 1. The molecule has 0 saturated heterocycles. The normalized spacial score (nSPS) is 15.5. The number of aliphatic imine (C=N–C) groups is 3. The van der Waals surface area contributed by atoms with E-state index in [2.05, 4.69) is 101 Å². The van der Waals surface area contributed by atoms with Gasteiger partial charge in [-0.1, -0.05) is 97.2 Å². The highest BCUT2D eigenvalue weighted by atomic mass is 32.2. The molecule has 0 aliphatic carbocycles. The van der Waals surface area contributed by atoms with E-state index in [-0.39, 0.29) is 6.04 Å². The van der Waals surface area contributed by atoms with Crippen LogP contribution in [0, 0.1) is 0 Å². The molecule has 4 heterocycles. The molecule has 6 heteroatoms. The number of aromatic nitrogens is 2. The zero-order valence-corrected chi connectivity index (χ0v) is 26.2. The molecule has 2 aromatic heterocycles. The number of nitrogens with one attached hydrogen (secondary N) is 1. The van der Waals surface area contributed by atoms with Crippen molar-refractivity contribution in [3.63, 3.8) is 0 Å². The van der Waals surface area contributed by atoms with Gasteiger partial charge in [0, 0.05) is 50.8 Å². The Bertz CT molecular complexity index is 2200. The molecule has 0 bridgehead atoms. The average Bonchev–Trinajstić information content (AvgIpc) is 3.86. The summed E-state index contributed by atoms with van der Waals surface area (Å²) in [6.07, 6.45) is 9.71. The van der Waals surface area contributed by atoms with E-state index in [0.717, 1.165) is 71.5 Å². The van der Waals surface area contributed by atoms with Gasteiger partial charge >= 0.3 is 0 Å². The standard InChI is InChI=1S/C41H29N5S/c1-27-40(30-9-3-2-4-10-30)46-41(45-38-11-5-6-14-39(38)47-27)34-24-32(28-15-17-29(18-16-28)35-12-7-21-42-35)23-33(25-34)31-19-20-37(44-26-31)36-13-8-22-43-36/h2-26,36,42H,1H2. The van der Waals surface area contributed by atoms with Gasteiger partial charge in [0.25, 0.3) is 0 Å². The lowest BCUT2D eigenvalue weighted by molar-refractivity contribution is 0.882. The quantitative estimate of drug-likeness (QED) is 0.201. The van der Waals surface area contributed by atoms with Crippen LogP contribution in [0.15, 0.2) is 177 Å². The molecule has 0 fully saturated rings. The molecule has 0 radical (unpaired) electrons. The fraction of sp³-hybridized carbons (Fsp3) is 0.0244. The molecule has 224 valence electrons. The van der Waals surface area contributed by atoms with E-state index in [1.54, 1.807) is 11.8 Å². The molecule has 4 aromatic carbocycles. The van der Waals surface area contributed by atoms with Gasteiger partial charge in [-0.15, -0.1) is 0 Å². The Labute approximate surface area is 277 Å². The van der Waals surface area contributed by atoms with Gasteiger partial charge < -0.3 is 4.98 Å². The van der Waals surface area contributed by atoms with Crippen molar-refractivity contribution < 1.29 is 0 Å². The number of amidine groups is 1. The van der Waals surface area contributed by atoms with Crippen LogP contribution in [0.3, 0.4) is 0 Å². The molecule has 47 heavy (non-hydrogen) atoms. The molecule has 1 N–H and O–H groups in total. The largest absolute Gasteiger partial charge is 0.361 e. The van der Waals surface area contributed by atoms with Crippen LogP contribution in [0.2, 0.25) is 0 Å². The maximum atomic E-state index is 5.24. The van der Waals surface area contributed by atoms with E-state index in [1.165, 1.54) is 0 Å². The zero-order chi connectivity index (χ0) is 31.6. The lowest BCUT2D eigenvalue weighted by Gasteiger charge is -2.17. The van der Waals surface area contributed by atoms with Gasteiger partial charge in [-0.05, 0) is 76.9 Å². The Morgan fingerprint density at radius 2 is 1.38 bits per heavy atom. The smallest absolute Gasteiger partial charge is 0.160 e. The van der Waals surface area contributed by atoms with Gasteiger partial charge in [-0.2, -0.15) is 0 Å². The first kappa shape index (κ1) is 28.6. The molecule has 6 aromatic rings. The predicted molar refractivity (Wildman–Crippen MR) is 196 cm³/mol. The minimum atomic E-state index is -0.0369. The number of para-hydroxylation sites is 1. The van der Waals surface area contributed by atoms with Gasteiger partial charge in [0.15, 0.2) is 5.84 Å². The number of fused-ring (bicyclic) bond motifs is 1. The first-order valence-corrected chi connectivity index (χ1v) is 16.2. The van der Waals surface area contributed by atoms with E-state index in [9.17, 15) is 0 Å². The highest BCUT2D eigenvalue weighted by molar-refractivity contribution is 8.04. The minimum absolute atomic E-state index is 0.0369. The summed E-state index contributed by atoms with van der Waals surface area (Å²) < 4.78 is 0. The van der Waals surface area contributed by atoms with Crippen LogP contribution >= 0.6 is 11.8 Å². The number of benzene rings is 4. The molecule has 5 nitrogen and oxygen atoms in total. The van der Waals surface area contributed by atoms with Crippen LogP contribution < -0.4 is 0 Å². The van der Waals surface area contributed by atoms with Gasteiger partial charge in [-0.3, -0.25) is 9.98 Å². The number of nitrogens with zero attached hydrogens (tertiary/aromatic N) is 4. The Balaban J connectivity index is 1.30. The number of thioether (sulfide) groups is 1. The first-order valence-electron chi connectivity index (χ1n) is 15.4. The van der Waals surface area contributed by atoms with Crippen molar-refractivity contribution in [2.45, 2.75) is 10.9 Å². The maximum absolute atomic E-state index is 5.24. The lowest BCUT2D eigenvalue weighted by atomic mass is 9.95. The fourth-order valence-electron chi connectivity index (χ4n) is 5.79. The van der Waals surface area contributed by atoms with Crippen LogP contribution in [0.5, 0.6) is 0 Å². The Morgan fingerprint density at radius 3 is 2.13 bits per heavy atom. The number of pyridine rings is 1. The van der Waals surface area contributed by atoms with Crippen LogP contribution in [0.4, 0.5) is 5.69 Å². The molecule has 0 spiro atoms. The second-order valence-electron chi connectivity index (χ2n) is 11.3. The van der Waals surface area contributed by atoms with Crippen LogP contribution in [-0.2, 0) is 0 Å². The number of hydrogen-bond acceptors (Lipinski definition) is 5. The SMILES string of the molecule is C=C1Sc2ccccc2N=C(c2cc(-c3ccc(-c4ccc[nH]4)cc3)cc(-c3ccc(C4C=CC=N4)nc3)c2)N=C1c1ccccc1. The first-order chi connectivity index (χ1) is 23.2. The summed E-state index contributed by atoms with van der Waals surface area (Å²) in [6, 6.07) is 41.8. The second kappa shape index (κ2) is 12.5. The van der Waals surface area contributed by atoms with Crippen LogP contribution in [0.25, 0.3) is 33.5 Å². The third-order valence-electron chi connectivity index (χ3n) is 8.22. The van der Waals surface area contributed by atoms with Gasteiger partial charge in [0.1, 0.15) is 6.04 Å². The molecule has 1 atom stereocenters. The van der Waals surface area contributed by atoms with Gasteiger partial charge in [0.2, 0.25) is 0 Å². The topological polar surface area (TPSA) is 65.8 Å². The Morgan fingerprint density at radius 1 is 0.638 bits per heavy atom. The fourth-order valence-corrected chi connectivity index (χ4v) is 6.68. The predicted octanol–water partition coefficient (Wildman–Crippen LogP) is 10.3. The van der Waals surface area contributed by atoms with Crippen molar-refractivity contribution in [3.8, 4) is 33.5 Å². The summed E-state index contributed by atoms with van der Waals surface area (Å²) in [5.74, 6) is 0.624. The summed E-state index contributed by atoms with van der Waals surface area (Å²) >= 11 is 1.60. The van der Waals surface area contributed by atoms with E-state index in [1.807, 2.05) is 67.1 Å². The molecule has 8 rings (SSSR count). The van der Waals surface area contributed by atoms with E-state index in [4.69, 9.17) is 15.0 Å². The number of rotatable bonds is 6. The third-order valence-corrected chi connectivity index (χ3v) is 9.23. The Hall–Kier alpha value is -5.85. The summed E-state index contributed by atoms with van der Waals surface area (Å²) in [5.41, 5.74) is 10.9. The molecule has 2 aliphatic rings. The summed E-state index contributed by atoms with van der Waals surface area (Å²) in [4.78, 5) is 24.9. The highest BCUT2D eigenvalue weighted by Crippen LogP contribution is 2.38. The molecule has 2 aliphatic heterocycles. The van der Waals surface area contributed by atoms with Gasteiger partial charge in [-0.25, -0.2) is 9.98 Å². The zero-order valence-electron chi connectivity index (χ0n) is 25.4. The van der Waals surface area contributed by atoms with Crippen LogP contribution in [-0.4, -0.2) is 27.7 Å². The summed E-state index contributed by atoms with van der Waals surface area (Å²) in [6.45, 7) is 4.45. The number of H-pyrrole nitrogens is 1.